The molecule has 0 bridgehead atoms. The predicted molar refractivity (Wildman–Crippen MR) is 212 cm³/mol. The third-order valence-corrected chi connectivity index (χ3v) is 13.3. The number of rotatable bonds is 7. The van der Waals surface area contributed by atoms with Gasteiger partial charge in [0.05, 0.1) is 0 Å². The van der Waals surface area contributed by atoms with E-state index < -0.39 is 0 Å². The van der Waals surface area contributed by atoms with E-state index >= 15 is 0 Å². The molecule has 9 rings (SSSR count). The van der Waals surface area contributed by atoms with Gasteiger partial charge in [-0.1, -0.05) is 133 Å². The Morgan fingerprint density at radius 2 is 0.660 bits per heavy atom. The van der Waals surface area contributed by atoms with Crippen molar-refractivity contribution in [1.29, 1.82) is 0 Å². The summed E-state index contributed by atoms with van der Waals surface area (Å²) in [5.74, 6) is 0. The third-order valence-electron chi connectivity index (χ3n) is 13.3. The van der Waals surface area contributed by atoms with E-state index in [4.69, 9.17) is 0 Å². The Morgan fingerprint density at radius 3 is 1.08 bits per heavy atom. The molecule has 0 aromatic heterocycles. The normalized spacial score (nSPS) is 16.2. The molecule has 0 atom stereocenters. The second-order valence-corrected chi connectivity index (χ2v) is 15.4. The lowest BCUT2D eigenvalue weighted by molar-refractivity contribution is 0.490. The summed E-state index contributed by atoms with van der Waals surface area (Å²) in [6.07, 6.45) is 4.38. The van der Waals surface area contributed by atoms with Gasteiger partial charge in [-0.2, -0.15) is 0 Å². The zero-order valence-electron chi connectivity index (χ0n) is 30.4. The van der Waals surface area contributed by atoms with Crippen molar-refractivity contribution in [2.75, 3.05) is 4.90 Å². The Bertz CT molecular complexity index is 2200. The summed E-state index contributed by atoms with van der Waals surface area (Å²) in [6.45, 7) is 14.2. The zero-order chi connectivity index (χ0) is 34.4. The molecule has 6 aromatic rings. The summed E-state index contributed by atoms with van der Waals surface area (Å²) in [7, 11) is 0. The van der Waals surface area contributed by atoms with Crippen LogP contribution in [0.1, 0.15) is 101 Å². The highest BCUT2D eigenvalue weighted by Gasteiger charge is 2.42. The minimum Gasteiger partial charge on any atom is -0.310 e. The number of nitrogens with zero attached hydrogens (tertiary/aromatic N) is 1. The lowest BCUT2D eigenvalue weighted by atomic mass is 9.74. The highest BCUT2D eigenvalue weighted by Crippen LogP contribution is 2.57. The van der Waals surface area contributed by atoms with Gasteiger partial charge >= 0.3 is 0 Å². The van der Waals surface area contributed by atoms with Gasteiger partial charge in [0.2, 0.25) is 0 Å². The van der Waals surface area contributed by atoms with E-state index in [-0.39, 0.29) is 16.2 Å². The lowest BCUT2D eigenvalue weighted by Gasteiger charge is -2.32. The molecule has 6 aromatic carbocycles. The van der Waals surface area contributed by atoms with Crippen molar-refractivity contribution in [3.8, 4) is 33.4 Å². The first-order chi connectivity index (χ1) is 24.3. The molecule has 3 aliphatic carbocycles. The van der Waals surface area contributed by atoms with Crippen molar-refractivity contribution >= 4 is 17.1 Å². The third kappa shape index (κ3) is 3.95. The van der Waals surface area contributed by atoms with Crippen LogP contribution in [0.4, 0.5) is 17.1 Å². The van der Waals surface area contributed by atoms with Gasteiger partial charge in [0.1, 0.15) is 0 Å². The average molecular weight is 650 g/mol. The topological polar surface area (TPSA) is 3.24 Å². The SMILES string of the molecule is CCC1(CC)c2ccccc2-c2cc(N(c3ccc4c(c3)-c3ccccc3C4(C)C)c3ccc4c(c3)-c3ccccc3C4(CC)CC)ccc21. The van der Waals surface area contributed by atoms with E-state index in [1.165, 1.54) is 83.8 Å². The van der Waals surface area contributed by atoms with Crippen molar-refractivity contribution in [3.05, 3.63) is 161 Å². The standard InChI is InChI=1S/C49H47N/c1-7-48(8-2)43-21-15-12-18-36(43)39-30-33(24-27-45(39)48)50(32-23-26-42-38(29-32)35-17-11-14-20-41(35)47(42,5)6)34-25-28-46-40(31-34)37-19-13-16-22-44(37)49(46,9-3)10-4/h11-31H,7-10H2,1-6H3. The summed E-state index contributed by atoms with van der Waals surface area (Å²) >= 11 is 0. The lowest BCUT2D eigenvalue weighted by Crippen LogP contribution is -2.23. The van der Waals surface area contributed by atoms with Crippen LogP contribution in [-0.2, 0) is 16.2 Å². The molecule has 1 nitrogen and oxygen atoms in total. The van der Waals surface area contributed by atoms with Crippen molar-refractivity contribution in [2.24, 2.45) is 0 Å². The molecule has 0 radical (unpaired) electrons. The van der Waals surface area contributed by atoms with E-state index in [1.807, 2.05) is 0 Å². The molecular weight excluding hydrogens is 603 g/mol. The monoisotopic (exact) mass is 649 g/mol. The van der Waals surface area contributed by atoms with Crippen LogP contribution in [0, 0.1) is 0 Å². The molecule has 0 aliphatic heterocycles. The van der Waals surface area contributed by atoms with Gasteiger partial charge in [-0.25, -0.2) is 0 Å². The van der Waals surface area contributed by atoms with Crippen LogP contribution in [0.5, 0.6) is 0 Å². The second kappa shape index (κ2) is 11.1. The molecule has 0 spiro atoms. The first kappa shape index (κ1) is 31.1. The molecule has 0 saturated carbocycles. The molecule has 0 N–H and O–H groups in total. The first-order valence-electron chi connectivity index (χ1n) is 18.9. The predicted octanol–water partition coefficient (Wildman–Crippen LogP) is 13.6. The fraction of sp³-hybridized carbons (Fsp3) is 0.265. The van der Waals surface area contributed by atoms with E-state index in [1.54, 1.807) is 0 Å². The largest absolute Gasteiger partial charge is 0.310 e. The zero-order valence-corrected chi connectivity index (χ0v) is 30.4. The number of anilines is 3. The fourth-order valence-corrected chi connectivity index (χ4v) is 10.5. The molecule has 0 fully saturated rings. The van der Waals surface area contributed by atoms with Gasteiger partial charge in [0.25, 0.3) is 0 Å². The Balaban J connectivity index is 1.29. The number of hydrogen-bond donors (Lipinski definition) is 0. The van der Waals surface area contributed by atoms with Crippen LogP contribution in [0.15, 0.2) is 127 Å². The van der Waals surface area contributed by atoms with Gasteiger partial charge in [-0.05, 0) is 129 Å². The molecule has 0 saturated heterocycles. The molecule has 50 heavy (non-hydrogen) atoms. The van der Waals surface area contributed by atoms with Crippen LogP contribution in [0.3, 0.4) is 0 Å². The fourth-order valence-electron chi connectivity index (χ4n) is 10.5. The summed E-state index contributed by atoms with van der Waals surface area (Å²) in [5.41, 5.74) is 20.6. The molecule has 3 aliphatic rings. The van der Waals surface area contributed by atoms with Gasteiger partial charge in [0, 0.05) is 33.3 Å². The van der Waals surface area contributed by atoms with E-state index in [2.05, 4.69) is 174 Å². The Kier molecular flexibility index (Phi) is 6.89. The maximum absolute atomic E-state index is 2.52. The van der Waals surface area contributed by atoms with Gasteiger partial charge in [-0.3, -0.25) is 0 Å². The average Bonchev–Trinajstić information content (AvgIpc) is 3.70. The van der Waals surface area contributed by atoms with Crippen molar-refractivity contribution in [3.63, 3.8) is 0 Å². The van der Waals surface area contributed by atoms with Crippen LogP contribution in [0.25, 0.3) is 33.4 Å². The Morgan fingerprint density at radius 1 is 0.360 bits per heavy atom. The summed E-state index contributed by atoms with van der Waals surface area (Å²) < 4.78 is 0. The first-order valence-corrected chi connectivity index (χ1v) is 18.9. The van der Waals surface area contributed by atoms with E-state index in [9.17, 15) is 0 Å². The van der Waals surface area contributed by atoms with Crippen LogP contribution >= 0.6 is 0 Å². The van der Waals surface area contributed by atoms with E-state index in [0.29, 0.717) is 0 Å². The number of hydrogen-bond acceptors (Lipinski definition) is 1. The quantitative estimate of drug-likeness (QED) is 0.166. The highest BCUT2D eigenvalue weighted by atomic mass is 15.1. The Hall–Kier alpha value is -4.88. The molecular formula is C49H47N. The minimum atomic E-state index is -0.0306. The summed E-state index contributed by atoms with van der Waals surface area (Å²) in [5, 5.41) is 0. The Labute approximate surface area is 298 Å². The molecule has 0 amide bonds. The van der Waals surface area contributed by atoms with Gasteiger partial charge in [-0.15, -0.1) is 0 Å². The number of benzene rings is 6. The highest BCUT2D eigenvalue weighted by molar-refractivity contribution is 5.92. The van der Waals surface area contributed by atoms with Gasteiger partial charge in [0.15, 0.2) is 0 Å². The smallest absolute Gasteiger partial charge is 0.0468 e. The molecule has 248 valence electrons. The minimum absolute atomic E-state index is 0.0306. The van der Waals surface area contributed by atoms with Crippen LogP contribution in [0.2, 0.25) is 0 Å². The van der Waals surface area contributed by atoms with Gasteiger partial charge < -0.3 is 4.90 Å². The maximum atomic E-state index is 2.52. The molecule has 0 heterocycles. The van der Waals surface area contributed by atoms with Crippen LogP contribution < -0.4 is 4.90 Å². The second-order valence-electron chi connectivity index (χ2n) is 15.4. The molecule has 1 heteroatoms. The van der Waals surface area contributed by atoms with Crippen molar-refractivity contribution in [1.82, 2.24) is 0 Å². The number of fused-ring (bicyclic) bond motifs is 9. The molecule has 0 unspecified atom stereocenters. The van der Waals surface area contributed by atoms with E-state index in [0.717, 1.165) is 25.7 Å². The van der Waals surface area contributed by atoms with Crippen LogP contribution in [-0.4, -0.2) is 0 Å². The van der Waals surface area contributed by atoms with Crippen molar-refractivity contribution < 1.29 is 0 Å². The van der Waals surface area contributed by atoms with Crippen molar-refractivity contribution in [2.45, 2.75) is 83.5 Å². The maximum Gasteiger partial charge on any atom is 0.0468 e. The summed E-state index contributed by atoms with van der Waals surface area (Å²) in [4.78, 5) is 2.52. The summed E-state index contributed by atoms with van der Waals surface area (Å²) in [6, 6.07) is 49.1.